The minimum atomic E-state index is -0.289. The van der Waals surface area contributed by atoms with Gasteiger partial charge in [-0.15, -0.1) is 0 Å². The third-order valence-electron chi connectivity index (χ3n) is 5.96. The van der Waals surface area contributed by atoms with Gasteiger partial charge >= 0.3 is 0 Å². The molecule has 1 aliphatic heterocycles. The van der Waals surface area contributed by atoms with Gasteiger partial charge in [0.25, 0.3) is 5.91 Å². The van der Waals surface area contributed by atoms with Crippen molar-refractivity contribution in [2.75, 3.05) is 6.54 Å². The maximum Gasteiger partial charge on any atom is 0.255 e. The number of hydrogen-bond acceptors (Lipinski definition) is 6. The van der Waals surface area contributed by atoms with E-state index in [2.05, 4.69) is 20.1 Å². The molecule has 1 aliphatic rings. The lowest BCUT2D eigenvalue weighted by molar-refractivity contribution is 0.0710. The zero-order chi connectivity index (χ0) is 22.9. The second-order valence-corrected chi connectivity index (χ2v) is 8.55. The van der Waals surface area contributed by atoms with Crippen LogP contribution in [0.4, 0.5) is 0 Å². The molecule has 0 radical (unpaired) electrons. The molecule has 4 aromatic rings. The molecule has 5 rings (SSSR count). The molecule has 3 heterocycles. The van der Waals surface area contributed by atoms with E-state index in [-0.39, 0.29) is 11.9 Å². The molecular weight excluding hydrogens is 438 g/mol. The van der Waals surface area contributed by atoms with Gasteiger partial charge in [-0.2, -0.15) is 4.98 Å². The van der Waals surface area contributed by atoms with Crippen molar-refractivity contribution < 1.29 is 9.32 Å². The number of amides is 1. The molecule has 1 atom stereocenters. The summed E-state index contributed by atoms with van der Waals surface area (Å²) in [7, 11) is 0. The van der Waals surface area contributed by atoms with Crippen LogP contribution in [0.2, 0.25) is 5.02 Å². The Kier molecular flexibility index (Phi) is 5.64. The molecule has 0 saturated carbocycles. The Hall–Kier alpha value is -3.58. The third-order valence-corrected chi connectivity index (χ3v) is 6.37. The summed E-state index contributed by atoms with van der Waals surface area (Å²) in [6, 6.07) is 12.8. The molecule has 166 valence electrons. The van der Waals surface area contributed by atoms with Crippen molar-refractivity contribution in [2.45, 2.75) is 32.7 Å². The Morgan fingerprint density at radius 1 is 1.06 bits per heavy atom. The second-order valence-electron chi connectivity index (χ2n) is 8.15. The van der Waals surface area contributed by atoms with Crippen LogP contribution < -0.4 is 0 Å². The predicted molar refractivity (Wildman–Crippen MR) is 125 cm³/mol. The van der Waals surface area contributed by atoms with Gasteiger partial charge < -0.3 is 9.42 Å². The van der Waals surface area contributed by atoms with Crippen molar-refractivity contribution in [1.82, 2.24) is 25.0 Å². The SMILES string of the molecule is Cc1ccc(-c2ncccn2)c(C(=O)N2CCCC2c2nc(-c3cccc(Cl)c3C)no2)c1. The standard InChI is InChI=1S/C25H22ClN5O2/c1-15-9-10-18(22-27-11-5-12-28-22)19(14-15)25(32)31-13-4-8-21(31)24-29-23(30-33-24)17-6-3-7-20(26)16(17)2/h3,5-7,9-12,14,21H,4,8,13H2,1-2H3. The molecular formula is C25H22ClN5O2. The fourth-order valence-corrected chi connectivity index (χ4v) is 4.39. The van der Waals surface area contributed by atoms with E-state index in [1.807, 2.05) is 55.1 Å². The van der Waals surface area contributed by atoms with Crippen molar-refractivity contribution >= 4 is 17.5 Å². The van der Waals surface area contributed by atoms with Gasteiger partial charge in [-0.25, -0.2) is 9.97 Å². The number of hydrogen-bond donors (Lipinski definition) is 0. The van der Waals surface area contributed by atoms with Gasteiger partial charge in [-0.05, 0) is 50.5 Å². The van der Waals surface area contributed by atoms with Crippen molar-refractivity contribution in [2.24, 2.45) is 0 Å². The van der Waals surface area contributed by atoms with Crippen molar-refractivity contribution in [3.05, 3.63) is 82.5 Å². The van der Waals surface area contributed by atoms with Crippen LogP contribution in [0.1, 0.15) is 46.3 Å². The van der Waals surface area contributed by atoms with E-state index < -0.39 is 0 Å². The largest absolute Gasteiger partial charge is 0.337 e. The second kappa shape index (κ2) is 8.75. The van der Waals surface area contributed by atoms with Crippen LogP contribution in [0.15, 0.2) is 59.4 Å². The van der Waals surface area contributed by atoms with Gasteiger partial charge in [0.05, 0.1) is 5.56 Å². The maximum absolute atomic E-state index is 13.7. The average Bonchev–Trinajstić information content (AvgIpc) is 3.51. The van der Waals surface area contributed by atoms with E-state index in [0.717, 1.165) is 29.5 Å². The van der Waals surface area contributed by atoms with E-state index in [1.165, 1.54) is 0 Å². The number of aryl methyl sites for hydroxylation is 1. The number of halogens is 1. The van der Waals surface area contributed by atoms with Crippen molar-refractivity contribution in [3.63, 3.8) is 0 Å². The first-order chi connectivity index (χ1) is 16.0. The summed E-state index contributed by atoms with van der Waals surface area (Å²) in [4.78, 5) is 28.8. The number of nitrogens with zero attached hydrogens (tertiary/aromatic N) is 5. The highest BCUT2D eigenvalue weighted by atomic mass is 35.5. The minimum absolute atomic E-state index is 0.0951. The van der Waals surface area contributed by atoms with E-state index in [4.69, 9.17) is 16.1 Å². The molecule has 1 saturated heterocycles. The smallest absolute Gasteiger partial charge is 0.255 e. The van der Waals surface area contributed by atoms with Gasteiger partial charge in [0.2, 0.25) is 11.7 Å². The van der Waals surface area contributed by atoms with Crippen LogP contribution in [0.5, 0.6) is 0 Å². The first-order valence-corrected chi connectivity index (χ1v) is 11.2. The molecule has 1 fully saturated rings. The number of likely N-dealkylation sites (tertiary alicyclic amines) is 1. The van der Waals surface area contributed by atoms with Gasteiger partial charge in [0, 0.05) is 35.1 Å². The van der Waals surface area contributed by atoms with E-state index in [9.17, 15) is 4.79 Å². The summed E-state index contributed by atoms with van der Waals surface area (Å²) in [5.41, 5.74) is 3.97. The van der Waals surface area contributed by atoms with Crippen LogP contribution in [0.25, 0.3) is 22.8 Å². The maximum atomic E-state index is 13.7. The fraction of sp³-hybridized carbons (Fsp3) is 0.240. The Balaban J connectivity index is 1.48. The molecule has 8 heteroatoms. The predicted octanol–water partition coefficient (Wildman–Crippen LogP) is 5.44. The summed E-state index contributed by atoms with van der Waals surface area (Å²) >= 11 is 6.26. The lowest BCUT2D eigenvalue weighted by atomic mass is 10.0. The van der Waals surface area contributed by atoms with Gasteiger partial charge in [0.1, 0.15) is 6.04 Å². The van der Waals surface area contributed by atoms with Gasteiger partial charge in [0.15, 0.2) is 5.82 Å². The van der Waals surface area contributed by atoms with E-state index in [1.54, 1.807) is 18.5 Å². The number of carbonyl (C=O) groups excluding carboxylic acids is 1. The molecule has 2 aromatic carbocycles. The monoisotopic (exact) mass is 459 g/mol. The van der Waals surface area contributed by atoms with Gasteiger partial charge in [-0.1, -0.05) is 46.6 Å². The Morgan fingerprint density at radius 3 is 2.70 bits per heavy atom. The first kappa shape index (κ1) is 21.3. The zero-order valence-corrected chi connectivity index (χ0v) is 19.1. The molecule has 0 spiro atoms. The number of aromatic nitrogens is 4. The number of carbonyl (C=O) groups is 1. The normalized spacial score (nSPS) is 15.7. The highest BCUT2D eigenvalue weighted by Crippen LogP contribution is 2.35. The van der Waals surface area contributed by atoms with Crippen molar-refractivity contribution in [1.29, 1.82) is 0 Å². The molecule has 7 nitrogen and oxygen atoms in total. The van der Waals surface area contributed by atoms with Crippen molar-refractivity contribution in [3.8, 4) is 22.8 Å². The molecule has 2 aromatic heterocycles. The Morgan fingerprint density at radius 2 is 1.88 bits per heavy atom. The summed E-state index contributed by atoms with van der Waals surface area (Å²) in [5, 5.41) is 4.82. The van der Waals surface area contributed by atoms with E-state index >= 15 is 0 Å². The summed E-state index contributed by atoms with van der Waals surface area (Å²) in [5.74, 6) is 1.33. The molecule has 1 unspecified atom stereocenters. The molecule has 1 amide bonds. The van der Waals surface area contributed by atoms with Crippen LogP contribution in [-0.2, 0) is 0 Å². The molecule has 0 aliphatic carbocycles. The molecule has 0 bridgehead atoms. The van der Waals surface area contributed by atoms with Crippen LogP contribution in [-0.4, -0.2) is 37.5 Å². The average molecular weight is 460 g/mol. The third kappa shape index (κ3) is 4.00. The van der Waals surface area contributed by atoms with E-state index in [0.29, 0.717) is 40.2 Å². The quantitative estimate of drug-likeness (QED) is 0.404. The number of rotatable bonds is 4. The van der Waals surface area contributed by atoms with Crippen LogP contribution in [0, 0.1) is 13.8 Å². The van der Waals surface area contributed by atoms with Gasteiger partial charge in [-0.3, -0.25) is 4.79 Å². The zero-order valence-electron chi connectivity index (χ0n) is 18.3. The Labute approximate surface area is 196 Å². The summed E-state index contributed by atoms with van der Waals surface area (Å²) < 4.78 is 5.63. The highest BCUT2D eigenvalue weighted by molar-refractivity contribution is 6.31. The Bertz CT molecular complexity index is 1320. The first-order valence-electron chi connectivity index (χ1n) is 10.8. The van der Waals surface area contributed by atoms with Crippen LogP contribution in [0.3, 0.4) is 0 Å². The molecule has 33 heavy (non-hydrogen) atoms. The van der Waals surface area contributed by atoms with Crippen LogP contribution >= 0.6 is 11.6 Å². The summed E-state index contributed by atoms with van der Waals surface area (Å²) in [6.45, 7) is 4.50. The highest BCUT2D eigenvalue weighted by Gasteiger charge is 2.35. The lowest BCUT2D eigenvalue weighted by Crippen LogP contribution is -2.31. The lowest BCUT2D eigenvalue weighted by Gasteiger charge is -2.23. The number of benzene rings is 2. The fourth-order valence-electron chi connectivity index (χ4n) is 4.22. The summed E-state index contributed by atoms with van der Waals surface area (Å²) in [6.07, 6.45) is 4.96. The topological polar surface area (TPSA) is 85.0 Å². The molecule has 0 N–H and O–H groups in total. The minimum Gasteiger partial charge on any atom is -0.337 e.